The molecule has 1 heterocycles. The van der Waals surface area contributed by atoms with Gasteiger partial charge in [-0.3, -0.25) is 4.79 Å². The molecule has 0 radical (unpaired) electrons. The van der Waals surface area contributed by atoms with Gasteiger partial charge in [-0.2, -0.15) is 0 Å². The van der Waals surface area contributed by atoms with Gasteiger partial charge < -0.3 is 19.5 Å². The Kier molecular flexibility index (Phi) is 6.71. The molecule has 1 aliphatic rings. The molecule has 0 bridgehead atoms. The molecule has 1 fully saturated rings. The van der Waals surface area contributed by atoms with Crippen LogP contribution in [0, 0.1) is 11.6 Å². The van der Waals surface area contributed by atoms with Gasteiger partial charge in [0.15, 0.2) is 11.5 Å². The van der Waals surface area contributed by atoms with Crippen LogP contribution in [-0.4, -0.2) is 31.0 Å². The number of benzene rings is 1. The number of ether oxygens (including phenoxy) is 2. The van der Waals surface area contributed by atoms with E-state index in [2.05, 4.69) is 9.47 Å². The summed E-state index contributed by atoms with van der Waals surface area (Å²) in [6.45, 7) is 1.80. The van der Waals surface area contributed by atoms with Crippen LogP contribution in [0.25, 0.3) is 6.08 Å². The Hall–Kier alpha value is -2.97. The first-order valence-electron chi connectivity index (χ1n) is 8.36. The molecule has 0 amide bonds. The third-order valence-electron chi connectivity index (χ3n) is 3.74. The lowest BCUT2D eigenvalue weighted by Gasteiger charge is -2.20. The average molecular weight is 401 g/mol. The summed E-state index contributed by atoms with van der Waals surface area (Å²) in [6.07, 6.45) is 1.50. The molecule has 1 N–H and O–H groups in total. The van der Waals surface area contributed by atoms with E-state index < -0.39 is 23.9 Å². The van der Waals surface area contributed by atoms with Gasteiger partial charge in [-0.1, -0.05) is 12.2 Å². The Morgan fingerprint density at radius 3 is 2.39 bits per heavy atom. The molecule has 0 atom stereocenters. The van der Waals surface area contributed by atoms with Gasteiger partial charge >= 0.3 is 12.3 Å². The second-order valence-corrected chi connectivity index (χ2v) is 5.98. The molecule has 9 heteroatoms. The summed E-state index contributed by atoms with van der Waals surface area (Å²) in [4.78, 5) is 11.8. The predicted molar refractivity (Wildman–Crippen MR) is 94.5 cm³/mol. The van der Waals surface area contributed by atoms with Crippen LogP contribution in [0.5, 0.6) is 0 Å². The molecule has 2 rings (SSSR count). The Balaban J connectivity index is 2.28. The van der Waals surface area contributed by atoms with Gasteiger partial charge in [0.2, 0.25) is 0 Å². The maximum atomic E-state index is 14.4. The van der Waals surface area contributed by atoms with Crippen LogP contribution in [0.4, 0.5) is 23.2 Å². The summed E-state index contributed by atoms with van der Waals surface area (Å²) in [5.41, 5.74) is -0.383. The standard InChI is InChI=1S/C19H19F4NO4/c1-3-4-6-15-16(28-19(22,23)27-15)11-12-9-13(20)18(14(21)10-12)24(2)8-5-7-17(25)26/h3-4,6,9-11H,5,7-8H2,1-2H3,(H,25,26)/b4-3-,15-6+,16-11-. The smallest absolute Gasteiger partial charge is 0.481 e. The van der Waals surface area contributed by atoms with Gasteiger partial charge in [-0.05, 0) is 43.2 Å². The van der Waals surface area contributed by atoms with E-state index in [0.29, 0.717) is 0 Å². The lowest BCUT2D eigenvalue weighted by atomic mass is 10.1. The van der Waals surface area contributed by atoms with Crippen molar-refractivity contribution < 1.29 is 36.9 Å². The molecule has 5 nitrogen and oxygen atoms in total. The van der Waals surface area contributed by atoms with Crippen LogP contribution < -0.4 is 4.90 Å². The van der Waals surface area contributed by atoms with Crippen molar-refractivity contribution in [2.75, 3.05) is 18.5 Å². The Labute approximate surface area is 159 Å². The number of hydrogen-bond donors (Lipinski definition) is 1. The van der Waals surface area contributed by atoms with Crippen LogP contribution in [0.15, 0.2) is 41.9 Å². The molecule has 152 valence electrons. The fourth-order valence-electron chi connectivity index (χ4n) is 2.54. The van der Waals surface area contributed by atoms with Gasteiger partial charge in [-0.15, -0.1) is 8.78 Å². The van der Waals surface area contributed by atoms with Gasteiger partial charge in [-0.25, -0.2) is 8.78 Å². The molecule has 0 unspecified atom stereocenters. The fraction of sp³-hybridized carbons (Fsp3) is 0.316. The molecule has 1 saturated heterocycles. The predicted octanol–water partition coefficient (Wildman–Crippen LogP) is 4.66. The lowest BCUT2D eigenvalue weighted by Crippen LogP contribution is -2.22. The molecule has 0 spiro atoms. The van der Waals surface area contributed by atoms with Crippen LogP contribution in [0.1, 0.15) is 25.3 Å². The van der Waals surface area contributed by atoms with Crippen molar-refractivity contribution in [3.63, 3.8) is 0 Å². The first-order chi connectivity index (χ1) is 13.1. The van der Waals surface area contributed by atoms with Crippen molar-refractivity contribution in [3.8, 4) is 0 Å². The number of halogens is 4. The van der Waals surface area contributed by atoms with Crippen molar-refractivity contribution in [1.82, 2.24) is 0 Å². The summed E-state index contributed by atoms with van der Waals surface area (Å²) >= 11 is 0. The summed E-state index contributed by atoms with van der Waals surface area (Å²) in [5.74, 6) is -3.50. The van der Waals surface area contributed by atoms with E-state index >= 15 is 0 Å². The van der Waals surface area contributed by atoms with E-state index in [4.69, 9.17) is 5.11 Å². The number of alkyl halides is 2. The van der Waals surface area contributed by atoms with Crippen LogP contribution >= 0.6 is 0 Å². The van der Waals surface area contributed by atoms with E-state index in [-0.39, 0.29) is 42.2 Å². The summed E-state index contributed by atoms with van der Waals surface area (Å²) in [7, 11) is 1.42. The van der Waals surface area contributed by atoms with E-state index in [1.165, 1.54) is 24.1 Å². The fourth-order valence-corrected chi connectivity index (χ4v) is 2.54. The number of carboxylic acid groups (broad SMARTS) is 1. The van der Waals surface area contributed by atoms with E-state index in [1.54, 1.807) is 13.0 Å². The number of carbonyl (C=O) groups is 1. The van der Waals surface area contributed by atoms with Gasteiger partial charge in [0.1, 0.15) is 17.3 Å². The zero-order valence-corrected chi connectivity index (χ0v) is 15.2. The highest BCUT2D eigenvalue weighted by molar-refractivity contribution is 5.66. The van der Waals surface area contributed by atoms with Crippen LogP contribution in [0.3, 0.4) is 0 Å². The zero-order chi connectivity index (χ0) is 20.9. The molecular weight excluding hydrogens is 382 g/mol. The van der Waals surface area contributed by atoms with Crippen LogP contribution in [-0.2, 0) is 14.3 Å². The van der Waals surface area contributed by atoms with E-state index in [1.807, 2.05) is 0 Å². The summed E-state index contributed by atoms with van der Waals surface area (Å²) in [5, 5.41) is 8.63. The SMILES string of the molecule is C\C=C/C=C1/OC(F)(F)O/C1=C\c1cc(F)c(N(C)CCCC(=O)O)c(F)c1. The Bertz CT molecular complexity index is 810. The number of allylic oxidation sites excluding steroid dienone is 3. The number of aliphatic carboxylic acids is 1. The van der Waals surface area contributed by atoms with E-state index in [0.717, 1.165) is 18.2 Å². The number of nitrogens with zero attached hydrogens (tertiary/aromatic N) is 1. The van der Waals surface area contributed by atoms with Gasteiger partial charge in [0, 0.05) is 20.0 Å². The molecule has 1 aliphatic heterocycles. The summed E-state index contributed by atoms with van der Waals surface area (Å²) < 4.78 is 64.2. The highest BCUT2D eigenvalue weighted by Crippen LogP contribution is 2.38. The van der Waals surface area contributed by atoms with Gasteiger partial charge in [0.25, 0.3) is 0 Å². The largest absolute Gasteiger partial charge is 0.586 e. The second kappa shape index (κ2) is 8.81. The Morgan fingerprint density at radius 2 is 1.82 bits per heavy atom. The molecule has 0 aliphatic carbocycles. The quantitative estimate of drug-likeness (QED) is 0.674. The second-order valence-electron chi connectivity index (χ2n) is 5.98. The molecular formula is C19H19F4NO4. The first kappa shape index (κ1) is 21.3. The molecule has 1 aromatic rings. The lowest BCUT2D eigenvalue weighted by molar-refractivity contribution is -0.326. The maximum Gasteiger partial charge on any atom is 0.586 e. The minimum atomic E-state index is -3.87. The van der Waals surface area contributed by atoms with Crippen molar-refractivity contribution in [1.29, 1.82) is 0 Å². The van der Waals surface area contributed by atoms with Crippen molar-refractivity contribution in [2.45, 2.75) is 26.1 Å². The molecule has 28 heavy (non-hydrogen) atoms. The highest BCUT2D eigenvalue weighted by atomic mass is 19.3. The van der Waals surface area contributed by atoms with Crippen molar-refractivity contribution in [2.24, 2.45) is 0 Å². The molecule has 0 saturated carbocycles. The minimum Gasteiger partial charge on any atom is -0.481 e. The third kappa shape index (κ3) is 5.51. The number of anilines is 1. The Morgan fingerprint density at radius 1 is 1.21 bits per heavy atom. The van der Waals surface area contributed by atoms with Crippen LogP contribution in [0.2, 0.25) is 0 Å². The number of rotatable bonds is 7. The van der Waals surface area contributed by atoms with Gasteiger partial charge in [0.05, 0.1) is 0 Å². The number of hydrogen-bond acceptors (Lipinski definition) is 4. The molecule has 0 aromatic heterocycles. The number of carboxylic acids is 1. The third-order valence-corrected chi connectivity index (χ3v) is 3.74. The topological polar surface area (TPSA) is 59.0 Å². The average Bonchev–Trinajstić information content (AvgIpc) is 2.85. The zero-order valence-electron chi connectivity index (χ0n) is 15.2. The highest BCUT2D eigenvalue weighted by Gasteiger charge is 2.45. The molecule has 1 aromatic carbocycles. The maximum absolute atomic E-state index is 14.4. The normalized spacial score (nSPS) is 18.5. The van der Waals surface area contributed by atoms with E-state index in [9.17, 15) is 22.4 Å². The first-order valence-corrected chi connectivity index (χ1v) is 8.36. The van der Waals surface area contributed by atoms with Crippen molar-refractivity contribution >= 4 is 17.7 Å². The van der Waals surface area contributed by atoms with Crippen molar-refractivity contribution in [3.05, 3.63) is 59.1 Å². The summed E-state index contributed by atoms with van der Waals surface area (Å²) in [6, 6.07) is 1.93. The monoisotopic (exact) mass is 401 g/mol. The minimum absolute atomic E-state index is 0.0413.